The highest BCUT2D eigenvalue weighted by Crippen LogP contribution is 2.34. The third-order valence-electron chi connectivity index (χ3n) is 6.46. The minimum atomic E-state index is -0.811. The molecule has 2 aromatic rings. The Kier molecular flexibility index (Phi) is 10.6. The number of nitriles is 1. The predicted molar refractivity (Wildman–Crippen MR) is 161 cm³/mol. The van der Waals surface area contributed by atoms with E-state index in [1.165, 1.54) is 16.3 Å². The third kappa shape index (κ3) is 7.10. The second-order valence-electron chi connectivity index (χ2n) is 11.9. The van der Waals surface area contributed by atoms with Gasteiger partial charge in [0.25, 0.3) is 5.56 Å². The van der Waals surface area contributed by atoms with Crippen molar-refractivity contribution in [1.29, 1.82) is 5.26 Å². The zero-order valence-corrected chi connectivity index (χ0v) is 26.0. The Labute approximate surface area is 236 Å². The van der Waals surface area contributed by atoms with E-state index >= 15 is 0 Å². The number of carbonyl (C=O) groups excluding carboxylic acids is 1. The topological polar surface area (TPSA) is 102 Å². The highest BCUT2D eigenvalue weighted by Gasteiger charge is 2.31. The Balaban J connectivity index is 2.94. The van der Waals surface area contributed by atoms with Gasteiger partial charge in [0.1, 0.15) is 11.6 Å². The lowest BCUT2D eigenvalue weighted by Crippen LogP contribution is -2.56. The highest BCUT2D eigenvalue weighted by molar-refractivity contribution is 7.16. The quantitative estimate of drug-likeness (QED) is 0.468. The smallest absolute Gasteiger partial charge is 0.280 e. The molecule has 0 bridgehead atoms. The molecule has 0 aliphatic carbocycles. The van der Waals surface area contributed by atoms with Crippen LogP contribution in [0.3, 0.4) is 0 Å². The normalized spacial score (nSPS) is 12.5. The van der Waals surface area contributed by atoms with Gasteiger partial charge in [0.05, 0.1) is 15.8 Å². The van der Waals surface area contributed by atoms with Crippen molar-refractivity contribution in [2.75, 3.05) is 29.5 Å². The van der Waals surface area contributed by atoms with E-state index in [1.807, 2.05) is 6.07 Å². The predicted octanol–water partition coefficient (Wildman–Crippen LogP) is 4.36. The average molecular weight is 556 g/mol. The van der Waals surface area contributed by atoms with Gasteiger partial charge in [0.2, 0.25) is 11.8 Å². The zero-order chi connectivity index (χ0) is 29.7. The van der Waals surface area contributed by atoms with E-state index in [2.05, 4.69) is 46.1 Å². The molecule has 39 heavy (non-hydrogen) atoms. The standard InChI is InChI=1S/C30H45N5O3S/c1-11-14-16-33(17-15-12-2)28-32-24(29(5,6)7)23(39-28)18-21-20(4)22(19-31)26(37)35(25(21)36)34(13-3)27(38)30(8,9)10/h18,37H,4,11-17H2,1-3,5-10H3/b21-18-. The number of anilines is 1. The van der Waals surface area contributed by atoms with E-state index in [0.29, 0.717) is 0 Å². The molecule has 8 nitrogen and oxygen atoms in total. The minimum absolute atomic E-state index is 0.124. The number of hydrogen-bond donors (Lipinski definition) is 1. The Bertz CT molecular complexity index is 1380. The Morgan fingerprint density at radius 3 is 2.13 bits per heavy atom. The summed E-state index contributed by atoms with van der Waals surface area (Å²) in [6, 6.07) is 1.98. The lowest BCUT2D eigenvalue weighted by atomic mass is 9.91. The first-order valence-corrected chi connectivity index (χ1v) is 14.6. The number of aromatic hydroxyl groups is 1. The maximum absolute atomic E-state index is 13.9. The van der Waals surface area contributed by atoms with Crippen molar-refractivity contribution in [1.82, 2.24) is 9.66 Å². The van der Waals surface area contributed by atoms with Crippen molar-refractivity contribution < 1.29 is 9.90 Å². The lowest BCUT2D eigenvalue weighted by Gasteiger charge is -2.30. The van der Waals surface area contributed by atoms with Crippen LogP contribution in [0.2, 0.25) is 0 Å². The molecule has 2 aromatic heterocycles. The average Bonchev–Trinajstić information content (AvgIpc) is 3.28. The van der Waals surface area contributed by atoms with Crippen LogP contribution in [0.25, 0.3) is 12.7 Å². The fourth-order valence-corrected chi connectivity index (χ4v) is 5.46. The van der Waals surface area contributed by atoms with Gasteiger partial charge in [-0.15, -0.1) is 0 Å². The third-order valence-corrected chi connectivity index (χ3v) is 7.53. The summed E-state index contributed by atoms with van der Waals surface area (Å²) < 4.78 is 0.917. The molecule has 0 aliphatic heterocycles. The Hall–Kier alpha value is -3.12. The molecule has 2 rings (SSSR count). The molecule has 0 unspecified atom stereocenters. The first-order chi connectivity index (χ1) is 18.1. The summed E-state index contributed by atoms with van der Waals surface area (Å²) in [5.74, 6) is -0.942. The molecule has 0 aliphatic rings. The number of amides is 1. The van der Waals surface area contributed by atoms with Gasteiger partial charge in [-0.25, -0.2) is 9.99 Å². The van der Waals surface area contributed by atoms with Crippen LogP contribution in [-0.2, 0) is 10.2 Å². The van der Waals surface area contributed by atoms with Gasteiger partial charge in [0, 0.05) is 35.7 Å². The fraction of sp³-hybridized carbons (Fsp3) is 0.600. The van der Waals surface area contributed by atoms with Gasteiger partial charge in [-0.3, -0.25) is 9.59 Å². The maximum atomic E-state index is 13.9. The summed E-state index contributed by atoms with van der Waals surface area (Å²) in [6.07, 6.45) is 5.99. The monoisotopic (exact) mass is 555 g/mol. The second-order valence-corrected chi connectivity index (χ2v) is 12.9. The molecule has 0 aromatic carbocycles. The Morgan fingerprint density at radius 1 is 1.13 bits per heavy atom. The number of pyridine rings is 1. The second kappa shape index (κ2) is 12.8. The SMILES string of the molecule is C=c1c(C#N)c(O)n(N(CC)C(=O)C(C)(C)C)c(=O)/c1=C\c1sc(N(CCCC)CCCC)nc1C(C)(C)C. The summed E-state index contributed by atoms with van der Waals surface area (Å²) in [5.41, 5.74) is -1.03. The van der Waals surface area contributed by atoms with E-state index in [0.717, 1.165) is 59.2 Å². The summed E-state index contributed by atoms with van der Waals surface area (Å²) in [7, 11) is 0. The summed E-state index contributed by atoms with van der Waals surface area (Å²) in [4.78, 5) is 35.3. The van der Waals surface area contributed by atoms with Crippen molar-refractivity contribution in [2.45, 2.75) is 93.4 Å². The maximum Gasteiger partial charge on any atom is 0.280 e. The lowest BCUT2D eigenvalue weighted by molar-refractivity contribution is -0.127. The fourth-order valence-electron chi connectivity index (χ4n) is 4.19. The van der Waals surface area contributed by atoms with Crippen LogP contribution in [0, 0.1) is 16.7 Å². The van der Waals surface area contributed by atoms with E-state index < -0.39 is 16.9 Å². The van der Waals surface area contributed by atoms with Crippen molar-refractivity contribution in [3.63, 3.8) is 0 Å². The van der Waals surface area contributed by atoms with Crippen LogP contribution in [0.4, 0.5) is 5.13 Å². The van der Waals surface area contributed by atoms with Gasteiger partial charge in [-0.2, -0.15) is 9.94 Å². The molecule has 0 fully saturated rings. The van der Waals surface area contributed by atoms with Crippen molar-refractivity contribution in [3.05, 3.63) is 36.9 Å². The molecule has 9 heteroatoms. The van der Waals surface area contributed by atoms with E-state index in [9.17, 15) is 20.0 Å². The van der Waals surface area contributed by atoms with Crippen LogP contribution < -0.4 is 25.9 Å². The summed E-state index contributed by atoms with van der Waals surface area (Å²) in [6.45, 7) is 23.4. The van der Waals surface area contributed by atoms with Crippen molar-refractivity contribution in [3.8, 4) is 11.9 Å². The molecule has 0 saturated heterocycles. The minimum Gasteiger partial charge on any atom is -0.492 e. The number of aromatic nitrogens is 2. The molecular weight excluding hydrogens is 510 g/mol. The van der Waals surface area contributed by atoms with E-state index in [-0.39, 0.29) is 33.9 Å². The van der Waals surface area contributed by atoms with Crippen LogP contribution >= 0.6 is 11.3 Å². The van der Waals surface area contributed by atoms with E-state index in [1.54, 1.807) is 33.8 Å². The molecular formula is C30H45N5O3S. The molecule has 0 atom stereocenters. The van der Waals surface area contributed by atoms with Crippen molar-refractivity contribution >= 4 is 35.0 Å². The number of hydrogen-bond acceptors (Lipinski definition) is 7. The van der Waals surface area contributed by atoms with Gasteiger partial charge < -0.3 is 10.0 Å². The number of unbranched alkanes of at least 4 members (excludes halogenated alkanes) is 2. The van der Waals surface area contributed by atoms with E-state index in [4.69, 9.17) is 4.98 Å². The molecule has 2 heterocycles. The highest BCUT2D eigenvalue weighted by atomic mass is 32.1. The molecule has 1 amide bonds. The first-order valence-electron chi connectivity index (χ1n) is 13.8. The van der Waals surface area contributed by atoms with Gasteiger partial charge in [-0.05, 0) is 25.8 Å². The molecule has 1 N–H and O–H groups in total. The van der Waals surface area contributed by atoms with Gasteiger partial charge in [0.15, 0.2) is 5.13 Å². The first kappa shape index (κ1) is 32.1. The number of thiazole rings is 1. The molecule has 0 radical (unpaired) electrons. The van der Waals surface area contributed by atoms with Crippen molar-refractivity contribution in [2.24, 2.45) is 5.41 Å². The largest absolute Gasteiger partial charge is 0.492 e. The number of carbonyl (C=O) groups is 1. The van der Waals surface area contributed by atoms with Gasteiger partial charge >= 0.3 is 0 Å². The zero-order valence-electron chi connectivity index (χ0n) is 25.1. The van der Waals surface area contributed by atoms with Crippen LogP contribution in [-0.4, -0.2) is 40.3 Å². The van der Waals surface area contributed by atoms with Crippen LogP contribution in [0.15, 0.2) is 4.79 Å². The van der Waals surface area contributed by atoms with Crippen LogP contribution in [0.1, 0.15) is 104 Å². The Morgan fingerprint density at radius 2 is 1.69 bits per heavy atom. The number of nitrogens with zero attached hydrogens (tertiary/aromatic N) is 5. The molecule has 214 valence electrons. The van der Waals surface area contributed by atoms with Crippen LogP contribution in [0.5, 0.6) is 5.88 Å². The summed E-state index contributed by atoms with van der Waals surface area (Å²) in [5, 5.41) is 23.2. The van der Waals surface area contributed by atoms with Gasteiger partial charge in [-0.1, -0.05) is 86.1 Å². The molecule has 0 spiro atoms. The summed E-state index contributed by atoms with van der Waals surface area (Å²) >= 11 is 1.51. The number of rotatable bonds is 10. The molecule has 0 saturated carbocycles.